The van der Waals surface area contributed by atoms with Crippen LogP contribution in [-0.2, 0) is 11.3 Å². The van der Waals surface area contributed by atoms with Crippen LogP contribution >= 0.6 is 0 Å². The Morgan fingerprint density at radius 3 is 2.80 bits per heavy atom. The molecule has 0 spiro atoms. The van der Waals surface area contributed by atoms with E-state index in [4.69, 9.17) is 9.15 Å². The molecular formula is C16H29NO3. The van der Waals surface area contributed by atoms with Crippen molar-refractivity contribution in [2.75, 3.05) is 19.8 Å². The highest BCUT2D eigenvalue weighted by Gasteiger charge is 2.04. The van der Waals surface area contributed by atoms with E-state index in [0.717, 1.165) is 18.6 Å². The van der Waals surface area contributed by atoms with Gasteiger partial charge in [0.25, 0.3) is 0 Å². The van der Waals surface area contributed by atoms with E-state index in [-0.39, 0.29) is 0 Å². The van der Waals surface area contributed by atoms with Gasteiger partial charge in [0.1, 0.15) is 0 Å². The van der Waals surface area contributed by atoms with Crippen LogP contribution in [0.1, 0.15) is 51.0 Å². The number of rotatable bonds is 13. The standard InChI is InChI=1S/C16H29NO3/c1-2-3-4-5-6-7-9-19-14-16(18)12-17-11-15-8-10-20-13-15/h8,10,13,16-18H,2-7,9,11-12,14H2,1H3. The van der Waals surface area contributed by atoms with E-state index in [1.807, 2.05) is 6.07 Å². The Bertz CT molecular complexity index is 301. The lowest BCUT2D eigenvalue weighted by atomic mass is 10.1. The molecule has 1 atom stereocenters. The first-order chi connectivity index (χ1) is 9.83. The van der Waals surface area contributed by atoms with Crippen molar-refractivity contribution in [1.82, 2.24) is 5.32 Å². The third kappa shape index (κ3) is 9.13. The Balaban J connectivity index is 1.84. The second-order valence-electron chi connectivity index (χ2n) is 5.26. The van der Waals surface area contributed by atoms with Gasteiger partial charge in [-0.25, -0.2) is 0 Å². The molecule has 0 fully saturated rings. The van der Waals surface area contributed by atoms with Crippen molar-refractivity contribution < 1.29 is 14.3 Å². The molecule has 0 saturated heterocycles. The molecule has 1 heterocycles. The number of aliphatic hydroxyl groups is 1. The molecule has 4 nitrogen and oxygen atoms in total. The molecule has 0 aromatic carbocycles. The number of furan rings is 1. The highest BCUT2D eigenvalue weighted by atomic mass is 16.5. The highest BCUT2D eigenvalue weighted by Crippen LogP contribution is 2.05. The van der Waals surface area contributed by atoms with Crippen molar-refractivity contribution >= 4 is 0 Å². The minimum atomic E-state index is -0.443. The van der Waals surface area contributed by atoms with Gasteiger partial charge in [-0.1, -0.05) is 39.0 Å². The third-order valence-electron chi connectivity index (χ3n) is 3.24. The van der Waals surface area contributed by atoms with Crippen LogP contribution in [0.2, 0.25) is 0 Å². The van der Waals surface area contributed by atoms with Crippen LogP contribution in [0.15, 0.2) is 23.0 Å². The van der Waals surface area contributed by atoms with E-state index in [1.165, 1.54) is 32.1 Å². The van der Waals surface area contributed by atoms with E-state index in [0.29, 0.717) is 19.7 Å². The van der Waals surface area contributed by atoms with Crippen LogP contribution < -0.4 is 5.32 Å². The number of unbranched alkanes of at least 4 members (excludes halogenated alkanes) is 5. The Kier molecular flexibility index (Phi) is 10.3. The maximum atomic E-state index is 9.74. The van der Waals surface area contributed by atoms with Crippen molar-refractivity contribution in [3.63, 3.8) is 0 Å². The lowest BCUT2D eigenvalue weighted by Gasteiger charge is -2.12. The van der Waals surface area contributed by atoms with E-state index >= 15 is 0 Å². The van der Waals surface area contributed by atoms with E-state index in [2.05, 4.69) is 12.2 Å². The van der Waals surface area contributed by atoms with Gasteiger partial charge in [0.05, 0.1) is 25.2 Å². The molecule has 0 bridgehead atoms. The molecule has 0 aliphatic heterocycles. The molecule has 2 N–H and O–H groups in total. The third-order valence-corrected chi connectivity index (χ3v) is 3.24. The number of nitrogens with one attached hydrogen (secondary N) is 1. The first-order valence-corrected chi connectivity index (χ1v) is 7.80. The Morgan fingerprint density at radius 1 is 1.25 bits per heavy atom. The largest absolute Gasteiger partial charge is 0.472 e. The molecule has 0 radical (unpaired) electrons. The Morgan fingerprint density at radius 2 is 2.05 bits per heavy atom. The fourth-order valence-corrected chi connectivity index (χ4v) is 2.04. The number of aliphatic hydroxyl groups excluding tert-OH is 1. The van der Waals surface area contributed by atoms with E-state index in [1.54, 1.807) is 12.5 Å². The molecule has 1 aromatic heterocycles. The summed E-state index contributed by atoms with van der Waals surface area (Å²) in [4.78, 5) is 0. The molecule has 0 amide bonds. The van der Waals surface area contributed by atoms with Gasteiger partial charge in [-0.2, -0.15) is 0 Å². The Hall–Kier alpha value is -0.840. The lowest BCUT2D eigenvalue weighted by Crippen LogP contribution is -2.30. The molecule has 116 valence electrons. The predicted octanol–water partition coefficient (Wildman–Crippen LogP) is 3.11. The fourth-order valence-electron chi connectivity index (χ4n) is 2.04. The SMILES string of the molecule is CCCCCCCCOCC(O)CNCc1ccoc1. The lowest BCUT2D eigenvalue weighted by molar-refractivity contribution is 0.0353. The summed E-state index contributed by atoms with van der Waals surface area (Å²) in [6.45, 7) is 4.65. The summed E-state index contributed by atoms with van der Waals surface area (Å²) >= 11 is 0. The maximum absolute atomic E-state index is 9.74. The predicted molar refractivity (Wildman–Crippen MR) is 80.6 cm³/mol. The second-order valence-corrected chi connectivity index (χ2v) is 5.26. The average Bonchev–Trinajstić information content (AvgIpc) is 2.95. The van der Waals surface area contributed by atoms with Gasteiger partial charge < -0.3 is 19.6 Å². The van der Waals surface area contributed by atoms with Crippen molar-refractivity contribution in [3.8, 4) is 0 Å². The van der Waals surface area contributed by atoms with E-state index < -0.39 is 6.10 Å². The van der Waals surface area contributed by atoms with Gasteiger partial charge in [0.2, 0.25) is 0 Å². The summed E-state index contributed by atoms with van der Waals surface area (Å²) in [6.07, 6.45) is 10.5. The molecular weight excluding hydrogens is 254 g/mol. The van der Waals surface area contributed by atoms with Crippen LogP contribution in [0.3, 0.4) is 0 Å². The molecule has 4 heteroatoms. The normalized spacial score (nSPS) is 12.7. The van der Waals surface area contributed by atoms with Crippen molar-refractivity contribution in [3.05, 3.63) is 24.2 Å². The van der Waals surface area contributed by atoms with Gasteiger partial charge in [0, 0.05) is 25.3 Å². The fraction of sp³-hybridized carbons (Fsp3) is 0.750. The minimum absolute atomic E-state index is 0.410. The van der Waals surface area contributed by atoms with Crippen molar-refractivity contribution in [2.24, 2.45) is 0 Å². The van der Waals surface area contributed by atoms with Crippen LogP contribution in [0.5, 0.6) is 0 Å². The number of hydrogen-bond acceptors (Lipinski definition) is 4. The maximum Gasteiger partial charge on any atom is 0.0947 e. The zero-order valence-electron chi connectivity index (χ0n) is 12.6. The summed E-state index contributed by atoms with van der Waals surface area (Å²) in [6, 6.07) is 1.91. The topological polar surface area (TPSA) is 54.6 Å². The smallest absolute Gasteiger partial charge is 0.0947 e. The zero-order valence-corrected chi connectivity index (χ0v) is 12.6. The van der Waals surface area contributed by atoms with Crippen molar-refractivity contribution in [1.29, 1.82) is 0 Å². The van der Waals surface area contributed by atoms with Crippen LogP contribution in [0.25, 0.3) is 0 Å². The second kappa shape index (κ2) is 11.9. The minimum Gasteiger partial charge on any atom is -0.472 e. The molecule has 0 saturated carbocycles. The van der Waals surface area contributed by atoms with E-state index in [9.17, 15) is 5.11 Å². The highest BCUT2D eigenvalue weighted by molar-refractivity contribution is 5.04. The van der Waals surface area contributed by atoms with Gasteiger partial charge in [-0.3, -0.25) is 0 Å². The molecule has 1 unspecified atom stereocenters. The van der Waals surface area contributed by atoms with Gasteiger partial charge in [-0.05, 0) is 12.5 Å². The molecule has 0 aliphatic rings. The first-order valence-electron chi connectivity index (χ1n) is 7.80. The van der Waals surface area contributed by atoms with Crippen LogP contribution in [0.4, 0.5) is 0 Å². The molecule has 20 heavy (non-hydrogen) atoms. The van der Waals surface area contributed by atoms with Gasteiger partial charge in [-0.15, -0.1) is 0 Å². The van der Waals surface area contributed by atoms with Gasteiger partial charge in [0.15, 0.2) is 0 Å². The zero-order chi connectivity index (χ0) is 14.5. The molecule has 0 aliphatic carbocycles. The average molecular weight is 283 g/mol. The summed E-state index contributed by atoms with van der Waals surface area (Å²) in [7, 11) is 0. The Labute approximate surface area is 122 Å². The first kappa shape index (κ1) is 17.2. The van der Waals surface area contributed by atoms with Crippen LogP contribution in [0, 0.1) is 0 Å². The van der Waals surface area contributed by atoms with Crippen LogP contribution in [-0.4, -0.2) is 31.0 Å². The summed E-state index contributed by atoms with van der Waals surface area (Å²) in [5.74, 6) is 0. The number of hydrogen-bond donors (Lipinski definition) is 2. The summed E-state index contributed by atoms with van der Waals surface area (Å²) in [5.41, 5.74) is 1.09. The number of ether oxygens (including phenoxy) is 1. The van der Waals surface area contributed by atoms with Crippen molar-refractivity contribution in [2.45, 2.75) is 58.1 Å². The monoisotopic (exact) mass is 283 g/mol. The van der Waals surface area contributed by atoms with Gasteiger partial charge >= 0.3 is 0 Å². The molecule has 1 rings (SSSR count). The quantitative estimate of drug-likeness (QED) is 0.546. The summed E-state index contributed by atoms with van der Waals surface area (Å²) < 4.78 is 10.5. The molecule has 1 aromatic rings. The summed E-state index contributed by atoms with van der Waals surface area (Å²) in [5, 5.41) is 12.9.